The molecule has 1 aliphatic carbocycles. The predicted molar refractivity (Wildman–Crippen MR) is 68.1 cm³/mol. The third-order valence-corrected chi connectivity index (χ3v) is 3.32. The minimum atomic E-state index is 0.347. The molecule has 2 N–H and O–H groups in total. The summed E-state index contributed by atoms with van der Waals surface area (Å²) in [6.07, 6.45) is 3.94. The van der Waals surface area contributed by atoms with Gasteiger partial charge < -0.3 is 15.2 Å². The highest BCUT2D eigenvalue weighted by Crippen LogP contribution is 2.27. The molecule has 2 unspecified atom stereocenters. The Morgan fingerprint density at radius 1 is 1.12 bits per heavy atom. The van der Waals surface area contributed by atoms with Crippen molar-refractivity contribution in [2.24, 2.45) is 11.7 Å². The maximum atomic E-state index is 5.82. The quantitative estimate of drug-likeness (QED) is 0.769. The summed E-state index contributed by atoms with van der Waals surface area (Å²) < 4.78 is 11.4. The maximum Gasteiger partial charge on any atom is 0.119 e. The number of benzene rings is 1. The molecule has 1 aromatic rings. The van der Waals surface area contributed by atoms with E-state index in [4.69, 9.17) is 15.2 Å². The molecular weight excluding hydrogens is 214 g/mol. The third kappa shape index (κ3) is 3.72. The summed E-state index contributed by atoms with van der Waals surface area (Å²) >= 11 is 0. The van der Waals surface area contributed by atoms with Crippen LogP contribution in [-0.4, -0.2) is 25.9 Å². The van der Waals surface area contributed by atoms with Gasteiger partial charge in [0, 0.05) is 0 Å². The van der Waals surface area contributed by atoms with Crippen molar-refractivity contribution in [3.8, 4) is 5.75 Å². The molecule has 0 heterocycles. The molecular formula is C14H21NO2. The molecule has 0 bridgehead atoms. The number of rotatable bonds is 6. The molecule has 94 valence electrons. The molecule has 0 aliphatic heterocycles. The van der Waals surface area contributed by atoms with Crippen molar-refractivity contribution in [2.75, 3.05) is 19.8 Å². The maximum absolute atomic E-state index is 5.82. The van der Waals surface area contributed by atoms with Crippen molar-refractivity contribution in [1.82, 2.24) is 0 Å². The second kappa shape index (κ2) is 6.62. The van der Waals surface area contributed by atoms with Crippen molar-refractivity contribution >= 4 is 0 Å². The van der Waals surface area contributed by atoms with Gasteiger partial charge in [0.25, 0.3) is 0 Å². The van der Waals surface area contributed by atoms with Crippen molar-refractivity contribution in [3.05, 3.63) is 30.3 Å². The van der Waals surface area contributed by atoms with E-state index in [2.05, 4.69) is 0 Å². The topological polar surface area (TPSA) is 44.5 Å². The van der Waals surface area contributed by atoms with Gasteiger partial charge in [-0.3, -0.25) is 0 Å². The van der Waals surface area contributed by atoms with E-state index < -0.39 is 0 Å². The molecule has 2 rings (SSSR count). The summed E-state index contributed by atoms with van der Waals surface area (Å²) in [5.41, 5.74) is 5.71. The highest BCUT2D eigenvalue weighted by molar-refractivity contribution is 5.20. The van der Waals surface area contributed by atoms with E-state index in [0.717, 1.165) is 18.7 Å². The Morgan fingerprint density at radius 3 is 2.71 bits per heavy atom. The minimum absolute atomic E-state index is 0.347. The Balaban J connectivity index is 1.63. The van der Waals surface area contributed by atoms with Gasteiger partial charge in [0.05, 0.1) is 12.7 Å². The Bertz CT molecular complexity index is 315. The zero-order valence-electron chi connectivity index (χ0n) is 10.2. The van der Waals surface area contributed by atoms with Crippen LogP contribution in [0.5, 0.6) is 5.75 Å². The molecule has 3 heteroatoms. The van der Waals surface area contributed by atoms with E-state index in [1.165, 1.54) is 12.8 Å². The molecule has 0 saturated heterocycles. The van der Waals surface area contributed by atoms with E-state index in [-0.39, 0.29) is 0 Å². The Morgan fingerprint density at radius 2 is 1.94 bits per heavy atom. The largest absolute Gasteiger partial charge is 0.491 e. The number of nitrogens with two attached hydrogens (primary N) is 1. The lowest BCUT2D eigenvalue weighted by Crippen LogP contribution is -2.26. The van der Waals surface area contributed by atoms with E-state index >= 15 is 0 Å². The molecule has 17 heavy (non-hydrogen) atoms. The lowest BCUT2D eigenvalue weighted by molar-refractivity contribution is 0.0141. The van der Waals surface area contributed by atoms with Crippen LogP contribution in [0, 0.1) is 5.92 Å². The summed E-state index contributed by atoms with van der Waals surface area (Å²) in [4.78, 5) is 0. The van der Waals surface area contributed by atoms with E-state index in [0.29, 0.717) is 25.2 Å². The summed E-state index contributed by atoms with van der Waals surface area (Å²) in [6, 6.07) is 9.83. The molecule has 1 saturated carbocycles. The highest BCUT2D eigenvalue weighted by Gasteiger charge is 2.26. The normalized spacial score (nSPS) is 23.8. The van der Waals surface area contributed by atoms with Crippen LogP contribution in [0.15, 0.2) is 30.3 Å². The fourth-order valence-electron chi connectivity index (χ4n) is 2.37. The average molecular weight is 235 g/mol. The van der Waals surface area contributed by atoms with Crippen molar-refractivity contribution in [2.45, 2.75) is 25.4 Å². The second-order valence-corrected chi connectivity index (χ2v) is 4.50. The number of ether oxygens (including phenoxy) is 2. The summed E-state index contributed by atoms with van der Waals surface area (Å²) in [5, 5.41) is 0. The monoisotopic (exact) mass is 235 g/mol. The van der Waals surface area contributed by atoms with Gasteiger partial charge in [-0.15, -0.1) is 0 Å². The number of hydrogen-bond donors (Lipinski definition) is 1. The summed E-state index contributed by atoms with van der Waals surface area (Å²) in [5.74, 6) is 1.45. The van der Waals surface area contributed by atoms with Gasteiger partial charge in [-0.05, 0) is 37.4 Å². The van der Waals surface area contributed by atoms with E-state index in [1.54, 1.807) is 0 Å². The Labute approximate surface area is 103 Å². The van der Waals surface area contributed by atoms with Crippen LogP contribution in [0.25, 0.3) is 0 Å². The van der Waals surface area contributed by atoms with Crippen LogP contribution in [0.2, 0.25) is 0 Å². The van der Waals surface area contributed by atoms with Gasteiger partial charge in [-0.1, -0.05) is 24.6 Å². The fraction of sp³-hybridized carbons (Fsp3) is 0.571. The molecule has 0 aromatic heterocycles. The first-order valence-corrected chi connectivity index (χ1v) is 6.39. The van der Waals surface area contributed by atoms with Crippen molar-refractivity contribution in [3.63, 3.8) is 0 Å². The first-order valence-electron chi connectivity index (χ1n) is 6.39. The Hall–Kier alpha value is -1.06. The van der Waals surface area contributed by atoms with Gasteiger partial charge in [-0.25, -0.2) is 0 Å². The van der Waals surface area contributed by atoms with E-state index in [1.807, 2.05) is 30.3 Å². The van der Waals surface area contributed by atoms with Crippen LogP contribution < -0.4 is 10.5 Å². The SMILES string of the molecule is NCC1CCCC1OCCOc1ccccc1. The second-order valence-electron chi connectivity index (χ2n) is 4.50. The van der Waals surface area contributed by atoms with Crippen molar-refractivity contribution < 1.29 is 9.47 Å². The summed E-state index contributed by atoms with van der Waals surface area (Å²) in [7, 11) is 0. The first kappa shape index (κ1) is 12.4. The first-order chi connectivity index (χ1) is 8.40. The molecule has 3 nitrogen and oxygen atoms in total. The number of hydrogen-bond acceptors (Lipinski definition) is 3. The van der Waals surface area contributed by atoms with Crippen molar-refractivity contribution in [1.29, 1.82) is 0 Å². The lowest BCUT2D eigenvalue weighted by Gasteiger charge is -2.18. The van der Waals surface area contributed by atoms with Crippen LogP contribution in [0.1, 0.15) is 19.3 Å². The van der Waals surface area contributed by atoms with Gasteiger partial charge in [0.2, 0.25) is 0 Å². The highest BCUT2D eigenvalue weighted by atomic mass is 16.5. The van der Waals surface area contributed by atoms with Gasteiger partial charge in [-0.2, -0.15) is 0 Å². The lowest BCUT2D eigenvalue weighted by atomic mass is 10.1. The van der Waals surface area contributed by atoms with Gasteiger partial charge in [0.1, 0.15) is 12.4 Å². The minimum Gasteiger partial charge on any atom is -0.491 e. The predicted octanol–water partition coefficient (Wildman–Crippen LogP) is 2.21. The zero-order valence-corrected chi connectivity index (χ0v) is 10.2. The Kier molecular flexibility index (Phi) is 4.83. The molecule has 2 atom stereocenters. The van der Waals surface area contributed by atoms with Crippen LogP contribution in [0.3, 0.4) is 0 Å². The average Bonchev–Trinajstić information content (AvgIpc) is 2.83. The van der Waals surface area contributed by atoms with Gasteiger partial charge in [0.15, 0.2) is 0 Å². The van der Waals surface area contributed by atoms with Crippen LogP contribution >= 0.6 is 0 Å². The molecule has 0 radical (unpaired) electrons. The third-order valence-electron chi connectivity index (χ3n) is 3.32. The molecule has 0 spiro atoms. The van der Waals surface area contributed by atoms with Crippen LogP contribution in [0.4, 0.5) is 0 Å². The van der Waals surface area contributed by atoms with E-state index in [9.17, 15) is 0 Å². The number of para-hydroxylation sites is 1. The molecule has 1 aliphatic rings. The standard InChI is InChI=1S/C14H21NO2/c15-11-12-5-4-8-14(12)17-10-9-16-13-6-2-1-3-7-13/h1-3,6-7,12,14H,4-5,8-11,15H2. The molecule has 1 aromatic carbocycles. The fourth-order valence-corrected chi connectivity index (χ4v) is 2.37. The molecule has 1 fully saturated rings. The smallest absolute Gasteiger partial charge is 0.119 e. The van der Waals surface area contributed by atoms with Crippen LogP contribution in [-0.2, 0) is 4.74 Å². The molecule has 0 amide bonds. The summed E-state index contributed by atoms with van der Waals surface area (Å²) in [6.45, 7) is 2.00. The zero-order chi connectivity index (χ0) is 11.9. The van der Waals surface area contributed by atoms with Gasteiger partial charge >= 0.3 is 0 Å².